The van der Waals surface area contributed by atoms with Gasteiger partial charge in [0, 0.05) is 13.3 Å². The number of amidine groups is 1. The molecule has 0 aliphatic carbocycles. The number of quaternary nitrogens is 1. The molecule has 0 saturated heterocycles. The minimum Gasteiger partial charge on any atom is -0.345 e. The molecule has 0 saturated carbocycles. The zero-order valence-corrected chi connectivity index (χ0v) is 21.4. The van der Waals surface area contributed by atoms with Crippen LogP contribution in [0.2, 0.25) is 0 Å². The van der Waals surface area contributed by atoms with Crippen LogP contribution in [0.3, 0.4) is 0 Å². The van der Waals surface area contributed by atoms with Crippen molar-refractivity contribution in [3.8, 4) is 0 Å². The minimum absolute atomic E-state index is 0.318. The van der Waals surface area contributed by atoms with Gasteiger partial charge in [-0.25, -0.2) is 4.99 Å². The van der Waals surface area contributed by atoms with Gasteiger partial charge in [0.05, 0.1) is 13.1 Å². The number of allylic oxidation sites excluding steroid dienone is 2. The molecular weight excluding hydrogens is 380 g/mol. The quantitative estimate of drug-likeness (QED) is 0.110. The third-order valence-corrected chi connectivity index (χ3v) is 7.25. The molecule has 1 aliphatic heterocycles. The minimum atomic E-state index is -0.318. The standard InChI is InChI=1S/C28H55N2O/c1-4-6-7-8-9-10-11-12-13-14-15-16-17-18-19-20-21-22-23-24-28-29-25-26-30(28,5-2)27(3)31/h13-14,27,31H,4-12,15-26H2,1-3H3/q+1/b14-13+. The van der Waals surface area contributed by atoms with Gasteiger partial charge in [0.1, 0.15) is 6.54 Å². The lowest BCUT2D eigenvalue weighted by Crippen LogP contribution is -2.56. The molecule has 31 heavy (non-hydrogen) atoms. The molecule has 1 aliphatic rings. The van der Waals surface area contributed by atoms with Crippen LogP contribution in [-0.2, 0) is 0 Å². The molecule has 1 N–H and O–H groups in total. The van der Waals surface area contributed by atoms with E-state index in [9.17, 15) is 5.11 Å². The fraction of sp³-hybridized carbons (Fsp3) is 0.893. The molecule has 2 unspecified atom stereocenters. The molecule has 2 atom stereocenters. The van der Waals surface area contributed by atoms with E-state index in [1.54, 1.807) is 0 Å². The van der Waals surface area contributed by atoms with Gasteiger partial charge in [0.15, 0.2) is 6.23 Å². The molecule has 182 valence electrons. The number of unbranched alkanes of at least 4 members (excludes halogenated alkanes) is 15. The first-order valence-electron chi connectivity index (χ1n) is 13.9. The Kier molecular flexibility index (Phi) is 17.3. The van der Waals surface area contributed by atoms with Crippen molar-refractivity contribution < 1.29 is 9.59 Å². The first-order valence-corrected chi connectivity index (χ1v) is 13.9. The van der Waals surface area contributed by atoms with Gasteiger partial charge in [0.25, 0.3) is 0 Å². The molecule has 0 aromatic carbocycles. The summed E-state index contributed by atoms with van der Waals surface area (Å²) < 4.78 is 0.716. The average Bonchev–Trinajstić information content (AvgIpc) is 3.19. The average molecular weight is 436 g/mol. The van der Waals surface area contributed by atoms with E-state index in [1.807, 2.05) is 6.92 Å². The van der Waals surface area contributed by atoms with E-state index in [0.29, 0.717) is 4.48 Å². The first kappa shape index (κ1) is 28.4. The highest BCUT2D eigenvalue weighted by Gasteiger charge is 2.40. The Morgan fingerprint density at radius 1 is 0.774 bits per heavy atom. The Morgan fingerprint density at radius 3 is 1.74 bits per heavy atom. The summed E-state index contributed by atoms with van der Waals surface area (Å²) in [4.78, 5) is 4.72. The second-order valence-corrected chi connectivity index (χ2v) is 9.75. The van der Waals surface area contributed by atoms with Crippen LogP contribution < -0.4 is 0 Å². The Labute approximate surface area is 195 Å². The molecule has 0 fully saturated rings. The van der Waals surface area contributed by atoms with E-state index in [2.05, 4.69) is 26.0 Å². The number of likely N-dealkylation sites (N-methyl/N-ethyl adjacent to an activating group) is 1. The van der Waals surface area contributed by atoms with Crippen LogP contribution in [0.5, 0.6) is 0 Å². The van der Waals surface area contributed by atoms with Gasteiger partial charge in [-0.05, 0) is 39.0 Å². The smallest absolute Gasteiger partial charge is 0.200 e. The predicted molar refractivity (Wildman–Crippen MR) is 138 cm³/mol. The summed E-state index contributed by atoms with van der Waals surface area (Å²) in [6.07, 6.45) is 28.9. The Balaban J connectivity index is 1.86. The van der Waals surface area contributed by atoms with E-state index < -0.39 is 0 Å². The summed E-state index contributed by atoms with van der Waals surface area (Å²) in [6.45, 7) is 9.23. The molecule has 3 heteroatoms. The van der Waals surface area contributed by atoms with Crippen molar-refractivity contribution in [1.82, 2.24) is 0 Å². The highest BCUT2D eigenvalue weighted by molar-refractivity contribution is 5.76. The van der Waals surface area contributed by atoms with Crippen LogP contribution in [0, 0.1) is 0 Å². The molecule has 1 heterocycles. The Bertz CT molecular complexity index is 472. The van der Waals surface area contributed by atoms with Crippen LogP contribution >= 0.6 is 0 Å². The van der Waals surface area contributed by atoms with E-state index in [-0.39, 0.29) is 6.23 Å². The van der Waals surface area contributed by atoms with Crippen molar-refractivity contribution in [2.45, 2.75) is 143 Å². The molecular formula is C28H55N2O+. The summed E-state index contributed by atoms with van der Waals surface area (Å²) in [6, 6.07) is 0. The topological polar surface area (TPSA) is 32.6 Å². The van der Waals surface area contributed by atoms with Crippen LogP contribution in [-0.4, -0.2) is 41.3 Å². The normalized spacial score (nSPS) is 19.9. The molecule has 0 spiro atoms. The fourth-order valence-electron chi connectivity index (χ4n) is 5.00. The van der Waals surface area contributed by atoms with Crippen LogP contribution in [0.25, 0.3) is 0 Å². The van der Waals surface area contributed by atoms with Crippen LogP contribution in [0.1, 0.15) is 136 Å². The van der Waals surface area contributed by atoms with Gasteiger partial charge < -0.3 is 5.11 Å². The number of aliphatic hydroxyl groups excluding tert-OH is 1. The molecule has 0 aromatic rings. The first-order chi connectivity index (χ1) is 15.2. The number of hydrogen-bond donors (Lipinski definition) is 1. The van der Waals surface area contributed by atoms with Crippen molar-refractivity contribution in [2.75, 3.05) is 19.6 Å². The van der Waals surface area contributed by atoms with Gasteiger partial charge in [-0.3, -0.25) is 4.48 Å². The molecule has 1 rings (SSSR count). The predicted octanol–water partition coefficient (Wildman–Crippen LogP) is 8.17. The molecule has 0 aromatic heterocycles. The summed E-state index contributed by atoms with van der Waals surface area (Å²) in [5.74, 6) is 1.25. The van der Waals surface area contributed by atoms with E-state index in [0.717, 1.165) is 26.1 Å². The number of aliphatic imine (C=N–C) groups is 1. The largest absolute Gasteiger partial charge is 0.345 e. The van der Waals surface area contributed by atoms with Crippen molar-refractivity contribution in [3.63, 3.8) is 0 Å². The fourth-order valence-corrected chi connectivity index (χ4v) is 5.00. The number of aliphatic hydroxyl groups is 1. The van der Waals surface area contributed by atoms with E-state index >= 15 is 0 Å². The summed E-state index contributed by atoms with van der Waals surface area (Å²) in [5, 5.41) is 10.2. The van der Waals surface area contributed by atoms with Crippen molar-refractivity contribution in [3.05, 3.63) is 12.2 Å². The van der Waals surface area contributed by atoms with E-state index in [4.69, 9.17) is 4.99 Å². The summed E-state index contributed by atoms with van der Waals surface area (Å²) >= 11 is 0. The van der Waals surface area contributed by atoms with Crippen molar-refractivity contribution >= 4 is 5.84 Å². The molecule has 0 bridgehead atoms. The van der Waals surface area contributed by atoms with Gasteiger partial charge in [0.2, 0.25) is 5.84 Å². The third-order valence-electron chi connectivity index (χ3n) is 7.25. The Hall–Kier alpha value is -0.670. The summed E-state index contributed by atoms with van der Waals surface area (Å²) in [5.41, 5.74) is 0. The number of nitrogens with zero attached hydrogens (tertiary/aromatic N) is 2. The number of hydrogen-bond acceptors (Lipinski definition) is 2. The van der Waals surface area contributed by atoms with Crippen molar-refractivity contribution in [2.24, 2.45) is 4.99 Å². The maximum Gasteiger partial charge on any atom is 0.200 e. The maximum atomic E-state index is 10.2. The summed E-state index contributed by atoms with van der Waals surface area (Å²) in [7, 11) is 0. The highest BCUT2D eigenvalue weighted by Crippen LogP contribution is 2.23. The molecule has 3 nitrogen and oxygen atoms in total. The SMILES string of the molecule is CCCCCCCCC/C=C/CCCCCCCCCCC1=NCC[N+]1(CC)C(C)O. The van der Waals surface area contributed by atoms with Crippen LogP contribution in [0.4, 0.5) is 0 Å². The maximum absolute atomic E-state index is 10.2. The Morgan fingerprint density at radius 2 is 1.26 bits per heavy atom. The lowest BCUT2D eigenvalue weighted by atomic mass is 10.1. The lowest BCUT2D eigenvalue weighted by Gasteiger charge is -2.36. The zero-order chi connectivity index (χ0) is 22.6. The third kappa shape index (κ3) is 12.2. The molecule has 0 radical (unpaired) electrons. The van der Waals surface area contributed by atoms with Crippen LogP contribution in [0.15, 0.2) is 17.1 Å². The van der Waals surface area contributed by atoms with E-state index in [1.165, 1.54) is 115 Å². The number of rotatable bonds is 21. The monoisotopic (exact) mass is 435 g/mol. The van der Waals surface area contributed by atoms with Gasteiger partial charge in [-0.1, -0.05) is 96.1 Å². The second kappa shape index (κ2) is 18.9. The van der Waals surface area contributed by atoms with Gasteiger partial charge in [-0.15, -0.1) is 0 Å². The molecule has 0 amide bonds. The van der Waals surface area contributed by atoms with Gasteiger partial charge >= 0.3 is 0 Å². The second-order valence-electron chi connectivity index (χ2n) is 9.75. The highest BCUT2D eigenvalue weighted by atomic mass is 16.3. The van der Waals surface area contributed by atoms with Gasteiger partial charge in [-0.2, -0.15) is 0 Å². The zero-order valence-electron chi connectivity index (χ0n) is 21.4. The lowest BCUT2D eigenvalue weighted by molar-refractivity contribution is -0.882. The van der Waals surface area contributed by atoms with Crippen molar-refractivity contribution in [1.29, 1.82) is 0 Å².